The second-order valence-corrected chi connectivity index (χ2v) is 7.81. The molecule has 0 fully saturated rings. The highest BCUT2D eigenvalue weighted by Gasteiger charge is 2.15. The fourth-order valence-electron chi connectivity index (χ4n) is 3.15. The molecule has 0 saturated heterocycles. The number of rotatable bonds is 5. The van der Waals surface area contributed by atoms with E-state index in [9.17, 15) is 4.79 Å². The maximum Gasteiger partial charge on any atom is 0.319 e. The minimum absolute atomic E-state index is 0.210. The van der Waals surface area contributed by atoms with Crippen LogP contribution in [0.5, 0.6) is 0 Å². The number of aromatic nitrogens is 4. The first-order valence-corrected chi connectivity index (χ1v) is 10.0. The lowest BCUT2D eigenvalue weighted by Crippen LogP contribution is -2.30. The van der Waals surface area contributed by atoms with Gasteiger partial charge in [0, 0.05) is 29.1 Å². The van der Waals surface area contributed by atoms with Crippen molar-refractivity contribution >= 4 is 23.1 Å². The summed E-state index contributed by atoms with van der Waals surface area (Å²) in [7, 11) is 0. The summed E-state index contributed by atoms with van der Waals surface area (Å²) >= 11 is 1.79. The molecule has 3 aromatic rings. The number of aromatic amines is 1. The molecular weight excluding hydrogens is 360 g/mol. The van der Waals surface area contributed by atoms with Gasteiger partial charge >= 0.3 is 6.03 Å². The Morgan fingerprint density at radius 2 is 2.00 bits per heavy atom. The van der Waals surface area contributed by atoms with Crippen LogP contribution in [0.25, 0.3) is 11.4 Å². The number of urea groups is 1. The number of hydrogen-bond acceptors (Lipinski definition) is 5. The Labute approximate surface area is 161 Å². The van der Waals surface area contributed by atoms with Crippen LogP contribution in [-0.2, 0) is 19.3 Å². The molecule has 0 atom stereocenters. The minimum Gasteiger partial charge on any atom is -0.337 e. The molecule has 2 amide bonds. The van der Waals surface area contributed by atoms with Gasteiger partial charge in [0.15, 0.2) is 5.82 Å². The molecule has 7 nitrogen and oxygen atoms in total. The molecule has 1 aliphatic carbocycles. The average molecular weight is 382 g/mol. The largest absolute Gasteiger partial charge is 0.337 e. The van der Waals surface area contributed by atoms with Gasteiger partial charge in [-0.2, -0.15) is 5.10 Å². The van der Waals surface area contributed by atoms with E-state index in [1.165, 1.54) is 23.4 Å². The lowest BCUT2D eigenvalue weighted by atomic mass is 10.0. The van der Waals surface area contributed by atoms with Crippen LogP contribution in [0.2, 0.25) is 0 Å². The van der Waals surface area contributed by atoms with Gasteiger partial charge in [-0.15, -0.1) is 11.3 Å². The van der Waals surface area contributed by atoms with Gasteiger partial charge in [-0.3, -0.25) is 5.10 Å². The molecule has 0 saturated carbocycles. The Hall–Kier alpha value is -2.74. The first kappa shape index (κ1) is 17.7. The standard InChI is InChI=1S/C19H22N6OS/c1-12-21-18(25-24-12)13-6-8-14(9-7-13)22-19(26)20-11-10-17-23-15-4-2-3-5-16(15)27-17/h6-9H,2-5,10-11H2,1H3,(H2,20,22,26)(H,21,24,25). The van der Waals surface area contributed by atoms with Crippen molar-refractivity contribution in [2.24, 2.45) is 0 Å². The normalized spacial score (nSPS) is 13.2. The van der Waals surface area contributed by atoms with Crippen molar-refractivity contribution < 1.29 is 4.79 Å². The molecule has 2 aromatic heterocycles. The minimum atomic E-state index is -0.210. The van der Waals surface area contributed by atoms with E-state index in [0.717, 1.165) is 41.3 Å². The maximum absolute atomic E-state index is 12.1. The summed E-state index contributed by atoms with van der Waals surface area (Å²) in [6.07, 6.45) is 5.54. The molecular formula is C19H22N6OS. The first-order valence-electron chi connectivity index (χ1n) is 9.19. The Kier molecular flexibility index (Phi) is 5.15. The Morgan fingerprint density at radius 3 is 2.74 bits per heavy atom. The van der Waals surface area contributed by atoms with Crippen molar-refractivity contribution in [1.82, 2.24) is 25.5 Å². The summed E-state index contributed by atoms with van der Waals surface area (Å²) in [6.45, 7) is 2.43. The Morgan fingerprint density at radius 1 is 1.19 bits per heavy atom. The molecule has 0 unspecified atom stereocenters. The van der Waals surface area contributed by atoms with Crippen LogP contribution in [0.4, 0.5) is 10.5 Å². The molecule has 3 N–H and O–H groups in total. The number of thiazole rings is 1. The van der Waals surface area contributed by atoms with Gasteiger partial charge in [0.25, 0.3) is 0 Å². The summed E-state index contributed by atoms with van der Waals surface area (Å²) in [5, 5.41) is 13.8. The third-order valence-corrected chi connectivity index (χ3v) is 5.73. The van der Waals surface area contributed by atoms with Crippen molar-refractivity contribution in [1.29, 1.82) is 0 Å². The number of amides is 2. The van der Waals surface area contributed by atoms with E-state index >= 15 is 0 Å². The quantitative estimate of drug-likeness (QED) is 0.629. The van der Waals surface area contributed by atoms with E-state index in [1.807, 2.05) is 31.2 Å². The zero-order chi connectivity index (χ0) is 18.6. The number of aryl methyl sites for hydroxylation is 3. The number of fused-ring (bicyclic) bond motifs is 1. The fourth-order valence-corrected chi connectivity index (χ4v) is 4.30. The molecule has 1 aromatic carbocycles. The Balaban J connectivity index is 1.26. The van der Waals surface area contributed by atoms with Crippen LogP contribution in [0.1, 0.15) is 34.2 Å². The monoisotopic (exact) mass is 382 g/mol. The molecule has 8 heteroatoms. The molecule has 0 aliphatic heterocycles. The topological polar surface area (TPSA) is 95.6 Å². The number of nitrogens with zero attached hydrogens (tertiary/aromatic N) is 3. The van der Waals surface area contributed by atoms with Gasteiger partial charge in [-0.25, -0.2) is 14.8 Å². The van der Waals surface area contributed by atoms with E-state index in [2.05, 4.69) is 25.8 Å². The summed E-state index contributed by atoms with van der Waals surface area (Å²) in [4.78, 5) is 22.5. The average Bonchev–Trinajstić information content (AvgIpc) is 3.28. The van der Waals surface area contributed by atoms with E-state index in [4.69, 9.17) is 4.98 Å². The number of carbonyl (C=O) groups excluding carboxylic acids is 1. The summed E-state index contributed by atoms with van der Waals surface area (Å²) < 4.78 is 0. The van der Waals surface area contributed by atoms with Crippen LogP contribution >= 0.6 is 11.3 Å². The zero-order valence-corrected chi connectivity index (χ0v) is 16.0. The van der Waals surface area contributed by atoms with E-state index in [1.54, 1.807) is 11.3 Å². The van der Waals surface area contributed by atoms with Crippen molar-refractivity contribution in [2.75, 3.05) is 11.9 Å². The van der Waals surface area contributed by atoms with Crippen LogP contribution in [0.3, 0.4) is 0 Å². The predicted molar refractivity (Wildman–Crippen MR) is 106 cm³/mol. The maximum atomic E-state index is 12.1. The number of carbonyl (C=O) groups is 1. The van der Waals surface area contributed by atoms with Gasteiger partial charge in [-0.05, 0) is 56.9 Å². The van der Waals surface area contributed by atoms with Gasteiger partial charge in [0.05, 0.1) is 10.7 Å². The summed E-state index contributed by atoms with van der Waals surface area (Å²) in [6, 6.07) is 7.25. The SMILES string of the molecule is Cc1nc(-c2ccc(NC(=O)NCCc3nc4c(s3)CCCC4)cc2)n[nH]1. The highest BCUT2D eigenvalue weighted by atomic mass is 32.1. The molecule has 0 spiro atoms. The lowest BCUT2D eigenvalue weighted by molar-refractivity contribution is 0.252. The number of hydrogen-bond donors (Lipinski definition) is 3. The number of benzene rings is 1. The highest BCUT2D eigenvalue weighted by molar-refractivity contribution is 7.11. The van der Waals surface area contributed by atoms with Crippen LogP contribution in [0.15, 0.2) is 24.3 Å². The second kappa shape index (κ2) is 7.87. The van der Waals surface area contributed by atoms with Gasteiger partial charge in [0.2, 0.25) is 0 Å². The fraction of sp³-hybridized carbons (Fsp3) is 0.368. The smallest absolute Gasteiger partial charge is 0.319 e. The van der Waals surface area contributed by atoms with Crippen molar-refractivity contribution in [3.05, 3.63) is 45.7 Å². The molecule has 4 rings (SSSR count). The third kappa shape index (κ3) is 4.33. The first-order chi connectivity index (χ1) is 13.2. The van der Waals surface area contributed by atoms with Crippen molar-refractivity contribution in [3.8, 4) is 11.4 Å². The van der Waals surface area contributed by atoms with E-state index < -0.39 is 0 Å². The van der Waals surface area contributed by atoms with Crippen LogP contribution in [0, 0.1) is 6.92 Å². The van der Waals surface area contributed by atoms with Gasteiger partial charge < -0.3 is 10.6 Å². The molecule has 1 aliphatic rings. The van der Waals surface area contributed by atoms with Crippen LogP contribution in [-0.4, -0.2) is 32.7 Å². The van der Waals surface area contributed by atoms with E-state index in [-0.39, 0.29) is 6.03 Å². The second-order valence-electron chi connectivity index (χ2n) is 6.64. The predicted octanol–water partition coefficient (Wildman–Crippen LogP) is 3.48. The van der Waals surface area contributed by atoms with Crippen LogP contribution < -0.4 is 10.6 Å². The molecule has 2 heterocycles. The number of H-pyrrole nitrogens is 1. The highest BCUT2D eigenvalue weighted by Crippen LogP contribution is 2.26. The molecule has 27 heavy (non-hydrogen) atoms. The van der Waals surface area contributed by atoms with Crippen molar-refractivity contribution in [3.63, 3.8) is 0 Å². The summed E-state index contributed by atoms with van der Waals surface area (Å²) in [5.41, 5.74) is 2.90. The molecule has 140 valence electrons. The summed E-state index contributed by atoms with van der Waals surface area (Å²) in [5.74, 6) is 1.42. The number of nitrogens with one attached hydrogen (secondary N) is 3. The zero-order valence-electron chi connectivity index (χ0n) is 15.2. The Bertz CT molecular complexity index is 907. The van der Waals surface area contributed by atoms with Crippen molar-refractivity contribution in [2.45, 2.75) is 39.0 Å². The molecule has 0 radical (unpaired) electrons. The number of anilines is 1. The van der Waals surface area contributed by atoms with E-state index in [0.29, 0.717) is 12.4 Å². The molecule has 0 bridgehead atoms. The van der Waals surface area contributed by atoms with Gasteiger partial charge in [-0.1, -0.05) is 0 Å². The third-order valence-electron chi connectivity index (χ3n) is 4.51. The lowest BCUT2D eigenvalue weighted by Gasteiger charge is -2.07. The van der Waals surface area contributed by atoms with Gasteiger partial charge in [0.1, 0.15) is 5.82 Å².